The highest BCUT2D eigenvalue weighted by Gasteiger charge is 2.16. The largest absolute Gasteiger partial charge is 0.385 e. The molecule has 0 aromatic carbocycles. The van der Waals surface area contributed by atoms with Crippen molar-refractivity contribution in [2.75, 3.05) is 11.9 Å². The molecule has 7 heteroatoms. The van der Waals surface area contributed by atoms with Crippen molar-refractivity contribution in [3.63, 3.8) is 0 Å². The molecule has 0 bridgehead atoms. The molecule has 0 spiro atoms. The van der Waals surface area contributed by atoms with Crippen molar-refractivity contribution in [3.05, 3.63) is 17.0 Å². The van der Waals surface area contributed by atoms with Crippen LogP contribution in [0.25, 0.3) is 0 Å². The number of nitrogens with one attached hydrogen (secondary N) is 1. The Morgan fingerprint density at radius 2 is 2.18 bits per heavy atom. The molecular formula is C10H14ClF2N3O. The molecule has 0 amide bonds. The van der Waals surface area contributed by atoms with Crippen LogP contribution in [0.4, 0.5) is 14.6 Å². The number of aliphatic hydroxyl groups is 1. The maximum atomic E-state index is 12.1. The number of aliphatic hydroxyl groups excluding tert-OH is 1. The van der Waals surface area contributed by atoms with Crippen LogP contribution < -0.4 is 5.32 Å². The van der Waals surface area contributed by atoms with Gasteiger partial charge in [-0.1, -0.05) is 18.5 Å². The topological polar surface area (TPSA) is 58.0 Å². The van der Waals surface area contributed by atoms with E-state index in [1.165, 1.54) is 6.07 Å². The van der Waals surface area contributed by atoms with Crippen LogP contribution in [0.5, 0.6) is 0 Å². The minimum absolute atomic E-state index is 0.248. The molecule has 4 nitrogen and oxygen atoms in total. The fourth-order valence-electron chi connectivity index (χ4n) is 1.19. The normalized spacial score (nSPS) is 12.8. The van der Waals surface area contributed by atoms with Gasteiger partial charge in [0.05, 0.1) is 0 Å². The predicted molar refractivity (Wildman–Crippen MR) is 61.5 cm³/mol. The zero-order valence-corrected chi connectivity index (χ0v) is 10.1. The van der Waals surface area contributed by atoms with Crippen LogP contribution >= 0.6 is 11.6 Å². The van der Waals surface area contributed by atoms with Crippen LogP contribution in [0.2, 0.25) is 5.15 Å². The van der Waals surface area contributed by atoms with Crippen molar-refractivity contribution < 1.29 is 13.9 Å². The molecule has 0 aliphatic rings. The third kappa shape index (κ3) is 4.79. The number of anilines is 1. The van der Waals surface area contributed by atoms with Crippen molar-refractivity contribution in [3.8, 4) is 0 Å². The number of rotatable bonds is 6. The Morgan fingerprint density at radius 3 is 2.76 bits per heavy atom. The monoisotopic (exact) mass is 265 g/mol. The molecule has 1 aromatic heterocycles. The molecule has 96 valence electrons. The van der Waals surface area contributed by atoms with Crippen molar-refractivity contribution in [1.29, 1.82) is 0 Å². The van der Waals surface area contributed by atoms with Crippen LogP contribution in [-0.4, -0.2) is 34.1 Å². The second-order valence-electron chi connectivity index (χ2n) is 3.52. The van der Waals surface area contributed by atoms with Crippen molar-refractivity contribution in [2.45, 2.75) is 32.3 Å². The van der Waals surface area contributed by atoms with Crippen LogP contribution in [0, 0.1) is 0 Å². The lowest BCUT2D eigenvalue weighted by Gasteiger charge is -2.11. The Balaban J connectivity index is 2.64. The average Bonchev–Trinajstić information content (AvgIpc) is 2.25. The van der Waals surface area contributed by atoms with Crippen molar-refractivity contribution in [2.24, 2.45) is 0 Å². The quantitative estimate of drug-likeness (QED) is 0.774. The first-order valence-electron chi connectivity index (χ1n) is 5.26. The van der Waals surface area contributed by atoms with Gasteiger partial charge in [-0.05, 0) is 6.42 Å². The summed E-state index contributed by atoms with van der Waals surface area (Å²) in [5.41, 5.74) is 0. The molecule has 0 aliphatic carbocycles. The highest BCUT2D eigenvalue weighted by molar-refractivity contribution is 6.29. The number of alkyl halides is 2. The van der Waals surface area contributed by atoms with Gasteiger partial charge in [0.1, 0.15) is 22.9 Å². The zero-order chi connectivity index (χ0) is 12.8. The first-order valence-corrected chi connectivity index (χ1v) is 5.64. The van der Waals surface area contributed by atoms with Crippen molar-refractivity contribution in [1.82, 2.24) is 9.97 Å². The first kappa shape index (κ1) is 14.1. The van der Waals surface area contributed by atoms with Gasteiger partial charge in [-0.2, -0.15) is 0 Å². The lowest BCUT2D eigenvalue weighted by molar-refractivity contribution is 0.00380. The summed E-state index contributed by atoms with van der Waals surface area (Å²) >= 11 is 5.76. The van der Waals surface area contributed by atoms with Gasteiger partial charge in [0.15, 0.2) is 0 Å². The molecule has 1 heterocycles. The fourth-order valence-corrected chi connectivity index (χ4v) is 1.39. The number of hydrogen-bond donors (Lipinski definition) is 2. The third-order valence-corrected chi connectivity index (χ3v) is 2.19. The standard InChI is InChI=1S/C10H14ClF2N3O/c1-2-3-8-15-7(11)4-9(16-8)14-5-6(17)10(12)13/h4,6,10,17H,2-3,5H2,1H3,(H,14,15,16). The summed E-state index contributed by atoms with van der Waals surface area (Å²) < 4.78 is 24.1. The summed E-state index contributed by atoms with van der Waals surface area (Å²) in [7, 11) is 0. The minimum Gasteiger partial charge on any atom is -0.385 e. The van der Waals surface area contributed by atoms with Gasteiger partial charge in [-0.15, -0.1) is 0 Å². The molecule has 1 rings (SSSR count). The SMILES string of the molecule is CCCc1nc(Cl)cc(NCC(O)C(F)F)n1. The molecule has 17 heavy (non-hydrogen) atoms. The number of halogens is 3. The molecule has 2 N–H and O–H groups in total. The summed E-state index contributed by atoms with van der Waals surface area (Å²) in [6.45, 7) is 1.69. The fraction of sp³-hybridized carbons (Fsp3) is 0.600. The smallest absolute Gasteiger partial charge is 0.265 e. The third-order valence-electron chi connectivity index (χ3n) is 2.00. The Hall–Kier alpha value is -1.01. The average molecular weight is 266 g/mol. The molecule has 0 aliphatic heterocycles. The molecule has 0 fully saturated rings. The van der Waals surface area contributed by atoms with Gasteiger partial charge in [0, 0.05) is 19.0 Å². The molecule has 0 radical (unpaired) electrons. The van der Waals surface area contributed by atoms with Crippen molar-refractivity contribution >= 4 is 17.4 Å². The van der Waals surface area contributed by atoms with Crippen LogP contribution in [0.15, 0.2) is 6.07 Å². The molecule has 1 unspecified atom stereocenters. The van der Waals surface area contributed by atoms with Gasteiger partial charge in [-0.3, -0.25) is 0 Å². The van der Waals surface area contributed by atoms with Crippen LogP contribution in [0.1, 0.15) is 19.2 Å². The molecule has 1 atom stereocenters. The van der Waals surface area contributed by atoms with Gasteiger partial charge in [-0.25, -0.2) is 18.7 Å². The predicted octanol–water partition coefficient (Wildman–Crippen LogP) is 2.12. The summed E-state index contributed by atoms with van der Waals surface area (Å²) in [4.78, 5) is 8.08. The van der Waals surface area contributed by atoms with Crippen LogP contribution in [-0.2, 0) is 6.42 Å². The maximum Gasteiger partial charge on any atom is 0.265 e. The summed E-state index contributed by atoms with van der Waals surface area (Å²) in [6.07, 6.45) is -2.99. The summed E-state index contributed by atoms with van der Waals surface area (Å²) in [6, 6.07) is 1.43. The Labute approximate surface area is 103 Å². The Bertz CT molecular complexity index is 365. The summed E-state index contributed by atoms with van der Waals surface area (Å²) in [5, 5.41) is 11.8. The van der Waals surface area contributed by atoms with E-state index in [-0.39, 0.29) is 11.7 Å². The zero-order valence-electron chi connectivity index (χ0n) is 9.33. The van der Waals surface area contributed by atoms with E-state index in [9.17, 15) is 8.78 Å². The second-order valence-corrected chi connectivity index (χ2v) is 3.91. The molecule has 1 aromatic rings. The van der Waals surface area contributed by atoms with Gasteiger partial charge < -0.3 is 10.4 Å². The highest BCUT2D eigenvalue weighted by atomic mass is 35.5. The lowest BCUT2D eigenvalue weighted by atomic mass is 10.3. The lowest BCUT2D eigenvalue weighted by Crippen LogP contribution is -2.27. The van der Waals surface area contributed by atoms with Gasteiger partial charge in [0.25, 0.3) is 6.43 Å². The number of hydrogen-bond acceptors (Lipinski definition) is 4. The number of aromatic nitrogens is 2. The maximum absolute atomic E-state index is 12.1. The van der Waals surface area contributed by atoms with E-state index in [2.05, 4.69) is 15.3 Å². The number of nitrogens with zero attached hydrogens (tertiary/aromatic N) is 2. The van der Waals surface area contributed by atoms with E-state index >= 15 is 0 Å². The van der Waals surface area contributed by atoms with E-state index in [0.29, 0.717) is 18.1 Å². The van der Waals surface area contributed by atoms with Crippen LogP contribution in [0.3, 0.4) is 0 Å². The van der Waals surface area contributed by atoms with Gasteiger partial charge >= 0.3 is 0 Å². The van der Waals surface area contributed by atoms with E-state index in [1.807, 2.05) is 6.92 Å². The molecular weight excluding hydrogens is 252 g/mol. The highest BCUT2D eigenvalue weighted by Crippen LogP contribution is 2.13. The Morgan fingerprint density at radius 1 is 1.47 bits per heavy atom. The van der Waals surface area contributed by atoms with E-state index in [0.717, 1.165) is 6.42 Å². The van der Waals surface area contributed by atoms with E-state index in [4.69, 9.17) is 16.7 Å². The second kappa shape index (κ2) is 6.66. The molecule has 0 saturated heterocycles. The van der Waals surface area contributed by atoms with Gasteiger partial charge in [0.2, 0.25) is 0 Å². The summed E-state index contributed by atoms with van der Waals surface area (Å²) in [5.74, 6) is 0.891. The Kier molecular flexibility index (Phi) is 5.50. The minimum atomic E-state index is -2.78. The molecule has 0 saturated carbocycles. The first-order chi connectivity index (χ1) is 8.02. The van der Waals surface area contributed by atoms with E-state index < -0.39 is 12.5 Å². The number of aryl methyl sites for hydroxylation is 1. The van der Waals surface area contributed by atoms with E-state index in [1.54, 1.807) is 0 Å².